The number of anilines is 2. The highest BCUT2D eigenvalue weighted by molar-refractivity contribution is 7.09. The third-order valence-corrected chi connectivity index (χ3v) is 4.59. The Labute approximate surface area is 171 Å². The SMILES string of the molecule is CC(=O)Nc1cccc(C(=O)OCC(=O)Nc2cccc(-c3csc(C)n3)c2)c1. The molecule has 3 rings (SSSR count). The maximum absolute atomic E-state index is 12.2. The zero-order chi connectivity index (χ0) is 20.8. The summed E-state index contributed by atoms with van der Waals surface area (Å²) in [5.74, 6) is -1.35. The molecule has 0 spiro atoms. The van der Waals surface area contributed by atoms with E-state index < -0.39 is 18.5 Å². The van der Waals surface area contributed by atoms with Gasteiger partial charge in [0, 0.05) is 29.2 Å². The molecule has 0 saturated heterocycles. The van der Waals surface area contributed by atoms with Gasteiger partial charge in [0.25, 0.3) is 5.91 Å². The molecule has 0 bridgehead atoms. The second kappa shape index (κ2) is 9.11. The Morgan fingerprint density at radius 2 is 1.76 bits per heavy atom. The first kappa shape index (κ1) is 20.2. The minimum absolute atomic E-state index is 0.241. The number of esters is 1. The van der Waals surface area contributed by atoms with Gasteiger partial charge in [0.15, 0.2) is 6.61 Å². The smallest absolute Gasteiger partial charge is 0.338 e. The van der Waals surface area contributed by atoms with Crippen molar-refractivity contribution in [3.8, 4) is 11.3 Å². The van der Waals surface area contributed by atoms with Gasteiger partial charge in [0.2, 0.25) is 5.91 Å². The van der Waals surface area contributed by atoms with Crippen molar-refractivity contribution in [3.63, 3.8) is 0 Å². The van der Waals surface area contributed by atoms with Gasteiger partial charge in [-0.15, -0.1) is 11.3 Å². The molecular weight excluding hydrogens is 390 g/mol. The summed E-state index contributed by atoms with van der Waals surface area (Å²) in [5.41, 5.74) is 3.03. The fourth-order valence-electron chi connectivity index (χ4n) is 2.59. The van der Waals surface area contributed by atoms with Crippen molar-refractivity contribution in [3.05, 3.63) is 64.5 Å². The third-order valence-electron chi connectivity index (χ3n) is 3.81. The van der Waals surface area contributed by atoms with E-state index in [2.05, 4.69) is 15.6 Å². The largest absolute Gasteiger partial charge is 0.452 e. The topological polar surface area (TPSA) is 97.4 Å². The molecule has 3 aromatic rings. The summed E-state index contributed by atoms with van der Waals surface area (Å²) in [6.07, 6.45) is 0. The number of benzene rings is 2. The summed E-state index contributed by atoms with van der Waals surface area (Å²) in [4.78, 5) is 39.9. The van der Waals surface area contributed by atoms with Gasteiger partial charge in [-0.3, -0.25) is 9.59 Å². The monoisotopic (exact) mass is 409 g/mol. The molecule has 1 heterocycles. The number of rotatable bonds is 6. The highest BCUT2D eigenvalue weighted by Crippen LogP contribution is 2.24. The van der Waals surface area contributed by atoms with Crippen molar-refractivity contribution in [1.82, 2.24) is 4.98 Å². The highest BCUT2D eigenvalue weighted by atomic mass is 32.1. The van der Waals surface area contributed by atoms with E-state index in [1.807, 2.05) is 30.5 Å². The first-order valence-electron chi connectivity index (χ1n) is 8.78. The van der Waals surface area contributed by atoms with Crippen LogP contribution in [0.3, 0.4) is 0 Å². The predicted octanol–water partition coefficient (Wildman–Crippen LogP) is 3.87. The summed E-state index contributed by atoms with van der Waals surface area (Å²) in [5, 5.41) is 8.21. The van der Waals surface area contributed by atoms with Crippen LogP contribution in [0.4, 0.5) is 11.4 Å². The number of amides is 2. The normalized spacial score (nSPS) is 10.3. The molecule has 148 valence electrons. The van der Waals surface area contributed by atoms with Gasteiger partial charge in [-0.2, -0.15) is 0 Å². The number of hydrogen-bond acceptors (Lipinski definition) is 6. The number of ether oxygens (including phenoxy) is 1. The molecule has 1 aromatic heterocycles. The Bertz CT molecular complexity index is 1060. The van der Waals surface area contributed by atoms with Gasteiger partial charge < -0.3 is 15.4 Å². The lowest BCUT2D eigenvalue weighted by Gasteiger charge is -2.08. The van der Waals surface area contributed by atoms with Crippen LogP contribution in [-0.4, -0.2) is 29.4 Å². The van der Waals surface area contributed by atoms with Crippen molar-refractivity contribution in [2.45, 2.75) is 13.8 Å². The molecule has 0 unspecified atom stereocenters. The summed E-state index contributed by atoms with van der Waals surface area (Å²) in [6, 6.07) is 13.6. The van der Waals surface area contributed by atoms with E-state index in [1.165, 1.54) is 13.0 Å². The van der Waals surface area contributed by atoms with Crippen molar-refractivity contribution < 1.29 is 19.1 Å². The average molecular weight is 409 g/mol. The summed E-state index contributed by atoms with van der Waals surface area (Å²) < 4.78 is 5.07. The van der Waals surface area contributed by atoms with E-state index in [4.69, 9.17) is 4.74 Å². The molecule has 2 amide bonds. The minimum atomic E-state index is -0.654. The van der Waals surface area contributed by atoms with E-state index in [-0.39, 0.29) is 11.5 Å². The molecule has 7 nitrogen and oxygen atoms in total. The van der Waals surface area contributed by atoms with Crippen LogP contribution in [0.5, 0.6) is 0 Å². The maximum atomic E-state index is 12.2. The van der Waals surface area contributed by atoms with Gasteiger partial charge in [-0.1, -0.05) is 18.2 Å². The van der Waals surface area contributed by atoms with E-state index in [1.54, 1.807) is 35.6 Å². The van der Waals surface area contributed by atoms with Crippen LogP contribution in [0.25, 0.3) is 11.3 Å². The van der Waals surface area contributed by atoms with E-state index in [0.717, 1.165) is 16.3 Å². The van der Waals surface area contributed by atoms with E-state index >= 15 is 0 Å². The van der Waals surface area contributed by atoms with Crippen LogP contribution in [-0.2, 0) is 14.3 Å². The van der Waals surface area contributed by atoms with Crippen LogP contribution in [0.15, 0.2) is 53.9 Å². The molecule has 0 aliphatic heterocycles. The van der Waals surface area contributed by atoms with Crippen molar-refractivity contribution in [2.24, 2.45) is 0 Å². The number of carbonyl (C=O) groups excluding carboxylic acids is 3. The Kier molecular flexibility index (Phi) is 6.36. The molecule has 8 heteroatoms. The third kappa shape index (κ3) is 5.73. The van der Waals surface area contributed by atoms with E-state index in [0.29, 0.717) is 11.4 Å². The average Bonchev–Trinajstić information content (AvgIpc) is 3.12. The first-order chi connectivity index (χ1) is 13.9. The molecule has 0 fully saturated rings. The molecule has 0 radical (unpaired) electrons. The lowest BCUT2D eigenvalue weighted by Crippen LogP contribution is -2.21. The second-order valence-electron chi connectivity index (χ2n) is 6.22. The number of hydrogen-bond donors (Lipinski definition) is 2. The molecular formula is C21H19N3O4S. The second-order valence-corrected chi connectivity index (χ2v) is 7.28. The summed E-state index contributed by atoms with van der Waals surface area (Å²) >= 11 is 1.55. The standard InChI is InChI=1S/C21H19N3O4S/c1-13(25)22-17-7-4-6-16(10-17)21(27)28-11-20(26)24-18-8-3-5-15(9-18)19-12-29-14(2)23-19/h3-10,12H,11H2,1-2H3,(H,22,25)(H,24,26). The molecule has 0 saturated carbocycles. The molecule has 2 N–H and O–H groups in total. The van der Waals surface area contributed by atoms with Crippen LogP contribution in [0.1, 0.15) is 22.3 Å². The Morgan fingerprint density at radius 1 is 1.03 bits per heavy atom. The molecule has 2 aromatic carbocycles. The fraction of sp³-hybridized carbons (Fsp3) is 0.143. The molecule has 0 aliphatic rings. The maximum Gasteiger partial charge on any atom is 0.338 e. The lowest BCUT2D eigenvalue weighted by molar-refractivity contribution is -0.119. The van der Waals surface area contributed by atoms with Crippen LogP contribution in [0, 0.1) is 6.92 Å². The number of thiazole rings is 1. The van der Waals surface area contributed by atoms with Crippen LogP contribution in [0.2, 0.25) is 0 Å². The van der Waals surface area contributed by atoms with Crippen molar-refractivity contribution >= 4 is 40.5 Å². The quantitative estimate of drug-likeness (QED) is 0.602. The lowest BCUT2D eigenvalue weighted by atomic mass is 10.1. The van der Waals surface area contributed by atoms with E-state index in [9.17, 15) is 14.4 Å². The first-order valence-corrected chi connectivity index (χ1v) is 9.66. The summed E-state index contributed by atoms with van der Waals surface area (Å²) in [6.45, 7) is 2.88. The minimum Gasteiger partial charge on any atom is -0.452 e. The molecule has 0 atom stereocenters. The number of nitrogens with zero attached hydrogens (tertiary/aromatic N) is 1. The molecule has 0 aliphatic carbocycles. The van der Waals surface area contributed by atoms with Crippen molar-refractivity contribution in [2.75, 3.05) is 17.2 Å². The fourth-order valence-corrected chi connectivity index (χ4v) is 3.21. The highest BCUT2D eigenvalue weighted by Gasteiger charge is 2.12. The Morgan fingerprint density at radius 3 is 2.45 bits per heavy atom. The number of aryl methyl sites for hydroxylation is 1. The van der Waals surface area contributed by atoms with Crippen LogP contribution >= 0.6 is 11.3 Å². The van der Waals surface area contributed by atoms with Gasteiger partial charge in [-0.25, -0.2) is 9.78 Å². The molecule has 29 heavy (non-hydrogen) atoms. The van der Waals surface area contributed by atoms with Crippen LogP contribution < -0.4 is 10.6 Å². The van der Waals surface area contributed by atoms with Gasteiger partial charge >= 0.3 is 5.97 Å². The Hall–Kier alpha value is -3.52. The number of aromatic nitrogens is 1. The zero-order valence-electron chi connectivity index (χ0n) is 15.9. The Balaban J connectivity index is 1.57. The van der Waals surface area contributed by atoms with Gasteiger partial charge in [-0.05, 0) is 37.3 Å². The van der Waals surface area contributed by atoms with Crippen molar-refractivity contribution in [1.29, 1.82) is 0 Å². The number of carbonyl (C=O) groups is 3. The van der Waals surface area contributed by atoms with Gasteiger partial charge in [0.05, 0.1) is 16.3 Å². The predicted molar refractivity (Wildman–Crippen MR) is 112 cm³/mol. The summed E-state index contributed by atoms with van der Waals surface area (Å²) in [7, 11) is 0. The number of nitrogens with one attached hydrogen (secondary N) is 2. The van der Waals surface area contributed by atoms with Gasteiger partial charge in [0.1, 0.15) is 0 Å². The zero-order valence-corrected chi connectivity index (χ0v) is 16.7.